The topological polar surface area (TPSA) is 63.3 Å². The summed E-state index contributed by atoms with van der Waals surface area (Å²) in [5, 5.41) is 3.09. The number of carbonyl (C=O) groups is 1. The number of aryl methyl sites for hydroxylation is 1. The van der Waals surface area contributed by atoms with Crippen molar-refractivity contribution in [1.29, 1.82) is 0 Å². The van der Waals surface area contributed by atoms with Crippen LogP contribution in [0.25, 0.3) is 0 Å². The quantitative estimate of drug-likeness (QED) is 0.838. The summed E-state index contributed by atoms with van der Waals surface area (Å²) in [6, 6.07) is 2.61. The minimum absolute atomic E-state index is 0.00465. The lowest BCUT2D eigenvalue weighted by Gasteiger charge is -2.15. The third-order valence-corrected chi connectivity index (χ3v) is 4.55. The molecule has 0 aromatic carbocycles. The van der Waals surface area contributed by atoms with Gasteiger partial charge >= 0.3 is 0 Å². The second-order valence-corrected chi connectivity index (χ2v) is 6.44. The summed E-state index contributed by atoms with van der Waals surface area (Å²) in [6.07, 6.45) is 6.77. The maximum absolute atomic E-state index is 12.3. The Balaban J connectivity index is 1.52. The molecule has 116 valence electrons. The van der Waals surface area contributed by atoms with Gasteiger partial charge in [0.05, 0.1) is 5.69 Å². The molecule has 3 rings (SSSR count). The van der Waals surface area contributed by atoms with Crippen LogP contribution >= 0.6 is 0 Å². The Kier molecular flexibility index (Phi) is 4.19. The molecule has 0 spiro atoms. The van der Waals surface area contributed by atoms with Gasteiger partial charge in [0.2, 0.25) is 0 Å². The van der Waals surface area contributed by atoms with E-state index in [4.69, 9.17) is 5.73 Å². The highest BCUT2D eigenvalue weighted by Gasteiger charge is 2.34. The van der Waals surface area contributed by atoms with Gasteiger partial charge in [-0.05, 0) is 44.2 Å². The molecule has 1 saturated carbocycles. The SMILES string of the molecule is CCCn1cc(N)cc1C(=O)NCC1CCN(C2CC2)C1. The largest absolute Gasteiger partial charge is 0.397 e. The summed E-state index contributed by atoms with van der Waals surface area (Å²) in [6.45, 7) is 6.05. The zero-order valence-corrected chi connectivity index (χ0v) is 12.8. The zero-order chi connectivity index (χ0) is 14.8. The molecule has 2 aliphatic rings. The molecule has 5 nitrogen and oxygen atoms in total. The van der Waals surface area contributed by atoms with Crippen LogP contribution in [0.4, 0.5) is 5.69 Å². The predicted molar refractivity (Wildman–Crippen MR) is 84.2 cm³/mol. The first-order valence-electron chi connectivity index (χ1n) is 8.15. The lowest BCUT2D eigenvalue weighted by Crippen LogP contribution is -2.32. The highest BCUT2D eigenvalue weighted by Crippen LogP contribution is 2.31. The van der Waals surface area contributed by atoms with E-state index in [1.165, 1.54) is 25.8 Å². The van der Waals surface area contributed by atoms with Gasteiger partial charge < -0.3 is 20.5 Å². The number of nitrogens with one attached hydrogen (secondary N) is 1. The van der Waals surface area contributed by atoms with E-state index in [1.807, 2.05) is 10.8 Å². The average Bonchev–Trinajstić information content (AvgIpc) is 3.09. The highest BCUT2D eigenvalue weighted by molar-refractivity contribution is 5.93. The summed E-state index contributed by atoms with van der Waals surface area (Å²) < 4.78 is 1.95. The third-order valence-electron chi connectivity index (χ3n) is 4.55. The van der Waals surface area contributed by atoms with Gasteiger partial charge in [-0.3, -0.25) is 4.79 Å². The first kappa shape index (κ1) is 14.4. The summed E-state index contributed by atoms with van der Waals surface area (Å²) in [4.78, 5) is 14.9. The fourth-order valence-corrected chi connectivity index (χ4v) is 3.28. The molecule has 2 fully saturated rings. The number of aromatic nitrogens is 1. The Morgan fingerprint density at radius 3 is 2.95 bits per heavy atom. The number of amides is 1. The summed E-state index contributed by atoms with van der Waals surface area (Å²) >= 11 is 0. The Labute approximate surface area is 126 Å². The summed E-state index contributed by atoms with van der Waals surface area (Å²) in [5.41, 5.74) is 7.16. The van der Waals surface area contributed by atoms with Gasteiger partial charge in [0.15, 0.2) is 0 Å². The molecular formula is C16H26N4O. The molecule has 2 heterocycles. The number of nitrogens with two attached hydrogens (primary N) is 1. The number of anilines is 1. The fourth-order valence-electron chi connectivity index (χ4n) is 3.28. The monoisotopic (exact) mass is 290 g/mol. The van der Waals surface area contributed by atoms with Gasteiger partial charge in [-0.15, -0.1) is 0 Å². The zero-order valence-electron chi connectivity index (χ0n) is 12.8. The molecule has 1 aromatic rings. The highest BCUT2D eigenvalue weighted by atomic mass is 16.1. The molecule has 1 saturated heterocycles. The van der Waals surface area contributed by atoms with E-state index < -0.39 is 0 Å². The van der Waals surface area contributed by atoms with Crippen LogP contribution in [0.15, 0.2) is 12.3 Å². The van der Waals surface area contributed by atoms with Crippen molar-refractivity contribution in [3.63, 3.8) is 0 Å². The van der Waals surface area contributed by atoms with Gasteiger partial charge in [0.1, 0.15) is 5.69 Å². The van der Waals surface area contributed by atoms with Crippen LogP contribution in [0.1, 0.15) is 43.1 Å². The second kappa shape index (κ2) is 6.10. The van der Waals surface area contributed by atoms with Gasteiger partial charge in [-0.25, -0.2) is 0 Å². The number of hydrogen-bond donors (Lipinski definition) is 2. The molecule has 5 heteroatoms. The van der Waals surface area contributed by atoms with Crippen molar-refractivity contribution in [2.45, 2.75) is 45.2 Å². The number of likely N-dealkylation sites (tertiary alicyclic amines) is 1. The van der Waals surface area contributed by atoms with Crippen LogP contribution in [0, 0.1) is 5.92 Å². The van der Waals surface area contributed by atoms with E-state index in [0.29, 0.717) is 17.3 Å². The van der Waals surface area contributed by atoms with Crippen molar-refractivity contribution >= 4 is 11.6 Å². The first-order valence-corrected chi connectivity index (χ1v) is 8.15. The smallest absolute Gasteiger partial charge is 0.267 e. The molecule has 1 aliphatic heterocycles. The van der Waals surface area contributed by atoms with Crippen LogP contribution in [0.5, 0.6) is 0 Å². The minimum atomic E-state index is 0.00465. The summed E-state index contributed by atoms with van der Waals surface area (Å²) in [7, 11) is 0. The average molecular weight is 290 g/mol. The Bertz CT molecular complexity index is 506. The maximum atomic E-state index is 12.3. The fraction of sp³-hybridized carbons (Fsp3) is 0.688. The van der Waals surface area contributed by atoms with Gasteiger partial charge in [0.25, 0.3) is 5.91 Å². The van der Waals surface area contributed by atoms with Crippen molar-refractivity contribution in [1.82, 2.24) is 14.8 Å². The van der Waals surface area contributed by atoms with Crippen molar-refractivity contribution < 1.29 is 4.79 Å². The minimum Gasteiger partial charge on any atom is -0.397 e. The van der Waals surface area contributed by atoms with Crippen LogP contribution in [-0.4, -0.2) is 41.1 Å². The molecule has 0 radical (unpaired) electrons. The molecule has 1 unspecified atom stereocenters. The van der Waals surface area contributed by atoms with Gasteiger partial charge in [0, 0.05) is 31.9 Å². The van der Waals surface area contributed by atoms with Gasteiger partial charge in [-0.1, -0.05) is 6.92 Å². The van der Waals surface area contributed by atoms with Crippen LogP contribution in [0.3, 0.4) is 0 Å². The first-order chi connectivity index (χ1) is 10.2. The Morgan fingerprint density at radius 1 is 1.43 bits per heavy atom. The van der Waals surface area contributed by atoms with Gasteiger partial charge in [-0.2, -0.15) is 0 Å². The standard InChI is InChI=1S/C16H26N4O/c1-2-6-20-11-13(17)8-15(20)16(21)18-9-12-5-7-19(10-12)14-3-4-14/h8,11-12,14H,2-7,9-10,17H2,1H3,(H,18,21). The van der Waals surface area contributed by atoms with Crippen molar-refractivity contribution in [3.8, 4) is 0 Å². The second-order valence-electron chi connectivity index (χ2n) is 6.44. The van der Waals surface area contributed by atoms with E-state index in [2.05, 4.69) is 17.1 Å². The number of carbonyl (C=O) groups excluding carboxylic acids is 1. The Hall–Kier alpha value is -1.49. The molecule has 1 aromatic heterocycles. The van der Waals surface area contributed by atoms with E-state index in [1.54, 1.807) is 6.07 Å². The molecule has 1 atom stereocenters. The predicted octanol–water partition coefficient (Wildman–Crippen LogP) is 1.69. The Morgan fingerprint density at radius 2 is 2.24 bits per heavy atom. The number of nitrogens with zero attached hydrogens (tertiary/aromatic N) is 2. The molecular weight excluding hydrogens is 264 g/mol. The van der Waals surface area contributed by atoms with Crippen molar-refractivity contribution in [3.05, 3.63) is 18.0 Å². The molecule has 3 N–H and O–H groups in total. The van der Waals surface area contributed by atoms with Crippen LogP contribution in [0.2, 0.25) is 0 Å². The molecule has 21 heavy (non-hydrogen) atoms. The molecule has 1 aliphatic carbocycles. The lowest BCUT2D eigenvalue weighted by atomic mass is 10.1. The summed E-state index contributed by atoms with van der Waals surface area (Å²) in [5.74, 6) is 0.603. The van der Waals surface area contributed by atoms with Crippen LogP contribution < -0.4 is 11.1 Å². The molecule has 0 bridgehead atoms. The maximum Gasteiger partial charge on any atom is 0.267 e. The van der Waals surface area contributed by atoms with Crippen molar-refractivity contribution in [2.24, 2.45) is 5.92 Å². The van der Waals surface area contributed by atoms with Crippen molar-refractivity contribution in [2.75, 3.05) is 25.4 Å². The normalized spacial score (nSPS) is 22.6. The number of nitrogen functional groups attached to an aromatic ring is 1. The van der Waals surface area contributed by atoms with E-state index in [-0.39, 0.29) is 5.91 Å². The van der Waals surface area contributed by atoms with E-state index >= 15 is 0 Å². The van der Waals surface area contributed by atoms with E-state index in [9.17, 15) is 4.79 Å². The molecule has 1 amide bonds. The van der Waals surface area contributed by atoms with Crippen LogP contribution in [-0.2, 0) is 6.54 Å². The van der Waals surface area contributed by atoms with E-state index in [0.717, 1.165) is 32.1 Å². The number of hydrogen-bond acceptors (Lipinski definition) is 3. The lowest BCUT2D eigenvalue weighted by molar-refractivity contribution is 0.0938. The number of rotatable bonds is 6. The third kappa shape index (κ3) is 3.40.